The molecule has 0 radical (unpaired) electrons. The summed E-state index contributed by atoms with van der Waals surface area (Å²) in [7, 11) is 0. The molecule has 4 aliphatic rings. The van der Waals surface area contributed by atoms with E-state index in [1.54, 1.807) is 4.90 Å². The summed E-state index contributed by atoms with van der Waals surface area (Å²) in [5.74, 6) is -0.551. The molecule has 2 aromatic rings. The molecule has 8 nitrogen and oxygen atoms in total. The Morgan fingerprint density at radius 1 is 1.00 bits per heavy atom. The van der Waals surface area contributed by atoms with Crippen molar-refractivity contribution in [2.75, 3.05) is 32.7 Å². The average Bonchev–Trinajstić information content (AvgIpc) is 3.54. The highest BCUT2D eigenvalue weighted by Crippen LogP contribution is 2.52. The lowest BCUT2D eigenvalue weighted by molar-refractivity contribution is -0.147. The Labute approximate surface area is 180 Å². The van der Waals surface area contributed by atoms with Gasteiger partial charge in [0.25, 0.3) is 0 Å². The highest BCUT2D eigenvalue weighted by molar-refractivity contribution is 6.08. The molecule has 0 aromatic carbocycles. The second kappa shape index (κ2) is 7.02. The van der Waals surface area contributed by atoms with Gasteiger partial charge in [0.2, 0.25) is 17.7 Å². The minimum Gasteiger partial charge on any atom is -0.339 e. The Bertz CT molecular complexity index is 1040. The summed E-state index contributed by atoms with van der Waals surface area (Å²) in [6, 6.07) is 5.94. The Hall–Kier alpha value is -3.00. The number of likely N-dealkylation sites (tertiary alicyclic amines) is 1. The number of nitrogens with zero attached hydrogens (tertiary/aromatic N) is 5. The molecule has 2 saturated heterocycles. The zero-order chi connectivity index (χ0) is 21.1. The van der Waals surface area contributed by atoms with Gasteiger partial charge in [-0.1, -0.05) is 18.2 Å². The van der Waals surface area contributed by atoms with Crippen LogP contribution >= 0.6 is 0 Å². The number of carbonyl (C=O) groups excluding carboxylic acids is 3. The SMILES string of the molecule is O=C(CN1C(=O)C2C3C=CC(C3)C2C1=O)N1CCN(Cc2cn3ccccc3n2)CC1. The lowest BCUT2D eigenvalue weighted by Gasteiger charge is -2.35. The summed E-state index contributed by atoms with van der Waals surface area (Å²) < 4.78 is 2.01. The second-order valence-electron chi connectivity index (χ2n) is 9.12. The van der Waals surface area contributed by atoms with Gasteiger partial charge in [0.05, 0.1) is 17.5 Å². The second-order valence-corrected chi connectivity index (χ2v) is 9.12. The number of allylic oxidation sites excluding steroid dienone is 2. The van der Waals surface area contributed by atoms with Crippen molar-refractivity contribution in [1.82, 2.24) is 24.1 Å². The molecule has 4 unspecified atom stereocenters. The lowest BCUT2D eigenvalue weighted by Crippen LogP contribution is -2.51. The maximum atomic E-state index is 12.9. The van der Waals surface area contributed by atoms with Crippen LogP contribution in [-0.2, 0) is 20.9 Å². The highest BCUT2D eigenvalue weighted by Gasteiger charge is 2.59. The zero-order valence-corrected chi connectivity index (χ0v) is 17.3. The first-order valence-corrected chi connectivity index (χ1v) is 11.0. The summed E-state index contributed by atoms with van der Waals surface area (Å²) in [4.78, 5) is 48.4. The Morgan fingerprint density at radius 2 is 1.71 bits per heavy atom. The number of amides is 3. The topological polar surface area (TPSA) is 78.2 Å². The van der Waals surface area contributed by atoms with Gasteiger partial charge in [-0.15, -0.1) is 0 Å². The number of carbonyl (C=O) groups is 3. The van der Waals surface area contributed by atoms with Crippen molar-refractivity contribution in [1.29, 1.82) is 0 Å². The van der Waals surface area contributed by atoms with E-state index in [2.05, 4.69) is 22.0 Å². The number of aromatic nitrogens is 2. The summed E-state index contributed by atoms with van der Waals surface area (Å²) in [5.41, 5.74) is 1.94. The van der Waals surface area contributed by atoms with Gasteiger partial charge in [-0.05, 0) is 30.4 Å². The van der Waals surface area contributed by atoms with Crippen molar-refractivity contribution in [3.8, 4) is 0 Å². The molecule has 160 valence electrons. The number of rotatable bonds is 4. The molecule has 3 fully saturated rings. The Kier molecular flexibility index (Phi) is 4.24. The average molecular weight is 419 g/mol. The van der Waals surface area contributed by atoms with E-state index in [1.165, 1.54) is 4.90 Å². The molecule has 31 heavy (non-hydrogen) atoms. The summed E-state index contributed by atoms with van der Waals surface area (Å²) in [6.45, 7) is 3.33. The van der Waals surface area contributed by atoms with Crippen LogP contribution in [0.4, 0.5) is 0 Å². The molecule has 2 aromatic heterocycles. The maximum Gasteiger partial charge on any atom is 0.242 e. The quantitative estimate of drug-likeness (QED) is 0.541. The molecule has 4 atom stereocenters. The molecule has 2 aliphatic carbocycles. The van der Waals surface area contributed by atoms with Gasteiger partial charge in [-0.2, -0.15) is 0 Å². The van der Waals surface area contributed by atoms with Crippen LogP contribution in [0, 0.1) is 23.7 Å². The normalized spacial score (nSPS) is 30.1. The van der Waals surface area contributed by atoms with E-state index in [9.17, 15) is 14.4 Å². The van der Waals surface area contributed by atoms with Gasteiger partial charge < -0.3 is 9.30 Å². The third-order valence-corrected chi connectivity index (χ3v) is 7.38. The number of hydrogen-bond acceptors (Lipinski definition) is 5. The molecular formula is C23H25N5O3. The summed E-state index contributed by atoms with van der Waals surface area (Å²) in [5, 5.41) is 0. The molecule has 0 N–H and O–H groups in total. The minimum absolute atomic E-state index is 0.115. The number of fused-ring (bicyclic) bond motifs is 6. The monoisotopic (exact) mass is 419 g/mol. The highest BCUT2D eigenvalue weighted by atomic mass is 16.2. The number of imide groups is 1. The van der Waals surface area contributed by atoms with Crippen molar-refractivity contribution in [2.24, 2.45) is 23.7 Å². The number of hydrogen-bond donors (Lipinski definition) is 0. The van der Waals surface area contributed by atoms with E-state index in [0.29, 0.717) is 13.1 Å². The summed E-state index contributed by atoms with van der Waals surface area (Å²) in [6.07, 6.45) is 9.08. The van der Waals surface area contributed by atoms with E-state index < -0.39 is 0 Å². The van der Waals surface area contributed by atoms with Crippen molar-refractivity contribution in [3.05, 3.63) is 48.4 Å². The largest absolute Gasteiger partial charge is 0.339 e. The minimum atomic E-state index is -0.238. The Balaban J connectivity index is 1.05. The molecule has 0 spiro atoms. The van der Waals surface area contributed by atoms with Gasteiger partial charge >= 0.3 is 0 Å². The van der Waals surface area contributed by atoms with E-state index in [1.807, 2.05) is 35.0 Å². The number of pyridine rings is 1. The smallest absolute Gasteiger partial charge is 0.242 e. The Morgan fingerprint density at radius 3 is 2.39 bits per heavy atom. The fourth-order valence-electron chi connectivity index (χ4n) is 5.80. The van der Waals surface area contributed by atoms with Gasteiger partial charge in [0.1, 0.15) is 12.2 Å². The van der Waals surface area contributed by atoms with E-state index >= 15 is 0 Å². The molecule has 3 amide bonds. The third kappa shape index (κ3) is 3.00. The van der Waals surface area contributed by atoms with E-state index in [0.717, 1.165) is 37.4 Å². The van der Waals surface area contributed by atoms with Crippen LogP contribution in [0.3, 0.4) is 0 Å². The third-order valence-electron chi connectivity index (χ3n) is 7.38. The first-order chi connectivity index (χ1) is 15.1. The predicted molar refractivity (Wildman–Crippen MR) is 111 cm³/mol. The van der Waals surface area contributed by atoms with Crippen molar-refractivity contribution < 1.29 is 14.4 Å². The molecule has 2 aliphatic heterocycles. The van der Waals surface area contributed by atoms with E-state index in [4.69, 9.17) is 0 Å². The van der Waals surface area contributed by atoms with Crippen LogP contribution < -0.4 is 0 Å². The molecule has 8 heteroatoms. The maximum absolute atomic E-state index is 12.9. The van der Waals surface area contributed by atoms with Crippen molar-refractivity contribution in [2.45, 2.75) is 13.0 Å². The van der Waals surface area contributed by atoms with E-state index in [-0.39, 0.29) is 47.9 Å². The molecule has 6 rings (SSSR count). The van der Waals surface area contributed by atoms with Gasteiger partial charge in [-0.3, -0.25) is 24.2 Å². The summed E-state index contributed by atoms with van der Waals surface area (Å²) >= 11 is 0. The van der Waals surface area contributed by atoms with Crippen LogP contribution in [0.5, 0.6) is 0 Å². The van der Waals surface area contributed by atoms with Gasteiger partial charge in [-0.25, -0.2) is 4.98 Å². The van der Waals surface area contributed by atoms with Crippen LogP contribution in [0.2, 0.25) is 0 Å². The van der Waals surface area contributed by atoms with Gasteiger partial charge in [0, 0.05) is 45.1 Å². The number of piperazine rings is 1. The standard InChI is InChI=1S/C23H25N5O3/c29-19(14-28-22(30)20-15-4-5-16(11-15)21(20)23(28)31)26-9-7-25(8-10-26)12-17-13-27-6-2-1-3-18(27)24-17/h1-6,13,15-16,20-21H,7-12,14H2. The first kappa shape index (κ1) is 18.7. The van der Waals surface area contributed by atoms with Crippen molar-refractivity contribution >= 4 is 23.4 Å². The van der Waals surface area contributed by atoms with Gasteiger partial charge in [0.15, 0.2) is 0 Å². The van der Waals surface area contributed by atoms with Crippen LogP contribution in [0.25, 0.3) is 5.65 Å². The van der Waals surface area contributed by atoms with Crippen LogP contribution in [-0.4, -0.2) is 74.5 Å². The van der Waals surface area contributed by atoms with Crippen LogP contribution in [0.1, 0.15) is 12.1 Å². The fourth-order valence-corrected chi connectivity index (χ4v) is 5.80. The lowest BCUT2D eigenvalue weighted by atomic mass is 9.85. The first-order valence-electron chi connectivity index (χ1n) is 11.0. The predicted octanol–water partition coefficient (Wildman–Crippen LogP) is 0.786. The molecular weight excluding hydrogens is 394 g/mol. The molecule has 1 saturated carbocycles. The fraction of sp³-hybridized carbons (Fsp3) is 0.478. The zero-order valence-electron chi connectivity index (χ0n) is 17.3. The molecule has 2 bridgehead atoms. The van der Waals surface area contributed by atoms with Crippen molar-refractivity contribution in [3.63, 3.8) is 0 Å². The number of imidazole rings is 1. The van der Waals surface area contributed by atoms with Crippen LogP contribution in [0.15, 0.2) is 42.7 Å². The molecule has 4 heterocycles.